The molecule has 5 heteroatoms. The van der Waals surface area contributed by atoms with Crippen LogP contribution in [-0.4, -0.2) is 67.7 Å². The van der Waals surface area contributed by atoms with Gasteiger partial charge in [-0.25, -0.2) is 0 Å². The molecule has 5 nitrogen and oxygen atoms in total. The second-order valence-corrected chi connectivity index (χ2v) is 4.35. The highest BCUT2D eigenvalue weighted by molar-refractivity contribution is 5.78. The molecule has 1 heterocycles. The number of nitrogens with zero attached hydrogens (tertiary/aromatic N) is 2. The van der Waals surface area contributed by atoms with Crippen LogP contribution in [-0.2, 0) is 9.53 Å². The first-order valence-corrected chi connectivity index (χ1v) is 6.53. The second-order valence-electron chi connectivity index (χ2n) is 4.35. The molecule has 0 aromatic heterocycles. The van der Waals surface area contributed by atoms with Crippen molar-refractivity contribution < 1.29 is 9.53 Å². The molecule has 1 unspecified atom stereocenters. The molecule has 0 aromatic carbocycles. The molecule has 0 aromatic rings. The zero-order chi connectivity index (χ0) is 12.7. The summed E-state index contributed by atoms with van der Waals surface area (Å²) in [5.74, 6) is 0.0276. The molecule has 17 heavy (non-hydrogen) atoms. The summed E-state index contributed by atoms with van der Waals surface area (Å²) in [5.41, 5.74) is 5.33. The first-order chi connectivity index (χ1) is 8.21. The number of carbonyl (C=O) groups excluding carboxylic acids is 1. The quantitative estimate of drug-likeness (QED) is 0.678. The average molecular weight is 243 g/mol. The summed E-state index contributed by atoms with van der Waals surface area (Å²) in [5, 5.41) is 0. The molecule has 0 radical (unpaired) electrons. The van der Waals surface area contributed by atoms with Gasteiger partial charge in [-0.15, -0.1) is 0 Å². The molecular formula is C12H25N3O2. The molecule has 0 aliphatic carbocycles. The summed E-state index contributed by atoms with van der Waals surface area (Å²) in [6.07, 6.45) is 1.13. The molecule has 1 aliphatic rings. The number of likely N-dealkylation sites (tertiary alicyclic amines) is 1. The zero-order valence-corrected chi connectivity index (χ0v) is 11.0. The van der Waals surface area contributed by atoms with Gasteiger partial charge in [0.25, 0.3) is 0 Å². The van der Waals surface area contributed by atoms with Gasteiger partial charge in [-0.1, -0.05) is 13.8 Å². The molecule has 0 spiro atoms. The lowest BCUT2D eigenvalue weighted by Gasteiger charge is -2.20. The van der Waals surface area contributed by atoms with Crippen LogP contribution in [0.2, 0.25) is 0 Å². The van der Waals surface area contributed by atoms with Crippen LogP contribution in [0.4, 0.5) is 0 Å². The minimum absolute atomic E-state index is 0.0276. The average Bonchev–Trinajstić information content (AvgIpc) is 2.82. The smallest absolute Gasteiger partial charge is 0.236 e. The Morgan fingerprint density at radius 3 is 2.76 bits per heavy atom. The van der Waals surface area contributed by atoms with Crippen LogP contribution < -0.4 is 5.73 Å². The Morgan fingerprint density at radius 2 is 2.18 bits per heavy atom. The van der Waals surface area contributed by atoms with Gasteiger partial charge in [0, 0.05) is 19.6 Å². The van der Waals surface area contributed by atoms with E-state index >= 15 is 0 Å². The molecular weight excluding hydrogens is 218 g/mol. The molecule has 0 saturated carbocycles. The number of amides is 1. The van der Waals surface area contributed by atoms with Crippen LogP contribution in [0.25, 0.3) is 0 Å². The van der Waals surface area contributed by atoms with E-state index in [0.717, 1.165) is 39.2 Å². The maximum atomic E-state index is 11.4. The van der Waals surface area contributed by atoms with Crippen molar-refractivity contribution in [3.63, 3.8) is 0 Å². The van der Waals surface area contributed by atoms with Crippen LogP contribution in [0.3, 0.4) is 0 Å². The lowest BCUT2D eigenvalue weighted by molar-refractivity contribution is -0.129. The van der Waals surface area contributed by atoms with Gasteiger partial charge >= 0.3 is 0 Å². The third kappa shape index (κ3) is 4.61. The summed E-state index contributed by atoms with van der Waals surface area (Å²) in [6.45, 7) is 9.73. The van der Waals surface area contributed by atoms with Crippen molar-refractivity contribution in [2.75, 3.05) is 45.9 Å². The Balaban J connectivity index is 2.15. The van der Waals surface area contributed by atoms with Crippen molar-refractivity contribution in [3.05, 3.63) is 0 Å². The van der Waals surface area contributed by atoms with Gasteiger partial charge < -0.3 is 20.3 Å². The number of hydrogen-bond donors (Lipinski definition) is 1. The molecule has 100 valence electrons. The van der Waals surface area contributed by atoms with E-state index in [9.17, 15) is 4.79 Å². The lowest BCUT2D eigenvalue weighted by atomic mass is 10.3. The van der Waals surface area contributed by atoms with Gasteiger partial charge in [-0.05, 0) is 19.5 Å². The van der Waals surface area contributed by atoms with Crippen LogP contribution in [0.15, 0.2) is 0 Å². The third-order valence-corrected chi connectivity index (χ3v) is 3.33. The summed E-state index contributed by atoms with van der Waals surface area (Å²) in [4.78, 5) is 15.5. The van der Waals surface area contributed by atoms with E-state index in [0.29, 0.717) is 6.54 Å². The molecule has 1 atom stereocenters. The lowest BCUT2D eigenvalue weighted by Crippen LogP contribution is -2.35. The summed E-state index contributed by atoms with van der Waals surface area (Å²) in [7, 11) is 0. The Bertz CT molecular complexity index is 232. The summed E-state index contributed by atoms with van der Waals surface area (Å²) >= 11 is 0. The Labute approximate surface area is 104 Å². The molecule has 1 amide bonds. The first kappa shape index (κ1) is 14.4. The SMILES string of the molecule is CCN(CC)CCOC1CCN(C(=O)CN)C1. The van der Waals surface area contributed by atoms with Gasteiger partial charge in [-0.2, -0.15) is 0 Å². The fourth-order valence-electron chi connectivity index (χ4n) is 2.11. The van der Waals surface area contributed by atoms with Gasteiger partial charge in [0.2, 0.25) is 5.91 Å². The topological polar surface area (TPSA) is 58.8 Å². The van der Waals surface area contributed by atoms with Gasteiger partial charge in [0.1, 0.15) is 0 Å². The minimum atomic E-state index is 0.0276. The van der Waals surface area contributed by atoms with Gasteiger partial charge in [-0.3, -0.25) is 4.79 Å². The van der Waals surface area contributed by atoms with E-state index in [4.69, 9.17) is 10.5 Å². The van der Waals surface area contributed by atoms with E-state index in [1.54, 1.807) is 4.90 Å². The Hall–Kier alpha value is -0.650. The molecule has 0 bridgehead atoms. The normalized spacial score (nSPS) is 20.2. The second kappa shape index (κ2) is 7.63. The number of ether oxygens (including phenoxy) is 1. The number of rotatable bonds is 7. The molecule has 2 N–H and O–H groups in total. The van der Waals surface area contributed by atoms with Crippen LogP contribution in [0.5, 0.6) is 0 Å². The van der Waals surface area contributed by atoms with Crippen molar-refractivity contribution in [2.45, 2.75) is 26.4 Å². The monoisotopic (exact) mass is 243 g/mol. The fraction of sp³-hybridized carbons (Fsp3) is 0.917. The third-order valence-electron chi connectivity index (χ3n) is 3.33. The van der Waals surface area contributed by atoms with E-state index in [1.807, 2.05) is 0 Å². The van der Waals surface area contributed by atoms with Crippen LogP contribution >= 0.6 is 0 Å². The van der Waals surface area contributed by atoms with Gasteiger partial charge in [0.15, 0.2) is 0 Å². The summed E-state index contributed by atoms with van der Waals surface area (Å²) in [6, 6.07) is 0. The van der Waals surface area contributed by atoms with Crippen molar-refractivity contribution in [3.8, 4) is 0 Å². The minimum Gasteiger partial charge on any atom is -0.375 e. The maximum absolute atomic E-state index is 11.4. The van der Waals surface area contributed by atoms with Crippen LogP contribution in [0.1, 0.15) is 20.3 Å². The van der Waals surface area contributed by atoms with Crippen LogP contribution in [0, 0.1) is 0 Å². The number of hydrogen-bond acceptors (Lipinski definition) is 4. The zero-order valence-electron chi connectivity index (χ0n) is 11.0. The number of nitrogens with two attached hydrogens (primary N) is 1. The van der Waals surface area contributed by atoms with E-state index in [1.165, 1.54) is 0 Å². The molecule has 1 rings (SSSR count). The Kier molecular flexibility index (Phi) is 6.47. The number of likely N-dealkylation sites (N-methyl/N-ethyl adjacent to an activating group) is 1. The standard InChI is InChI=1S/C12H25N3O2/c1-3-14(4-2)7-8-17-11-5-6-15(10-11)12(16)9-13/h11H,3-10,13H2,1-2H3. The summed E-state index contributed by atoms with van der Waals surface area (Å²) < 4.78 is 5.79. The maximum Gasteiger partial charge on any atom is 0.236 e. The molecule has 1 aliphatic heterocycles. The highest BCUT2D eigenvalue weighted by Crippen LogP contribution is 2.12. The van der Waals surface area contributed by atoms with E-state index in [-0.39, 0.29) is 18.6 Å². The largest absolute Gasteiger partial charge is 0.375 e. The van der Waals surface area contributed by atoms with E-state index < -0.39 is 0 Å². The van der Waals surface area contributed by atoms with Crippen molar-refractivity contribution >= 4 is 5.91 Å². The van der Waals surface area contributed by atoms with Crippen molar-refractivity contribution in [1.82, 2.24) is 9.80 Å². The van der Waals surface area contributed by atoms with Crippen molar-refractivity contribution in [1.29, 1.82) is 0 Å². The highest BCUT2D eigenvalue weighted by Gasteiger charge is 2.25. The predicted molar refractivity (Wildman–Crippen MR) is 67.8 cm³/mol. The highest BCUT2D eigenvalue weighted by atomic mass is 16.5. The first-order valence-electron chi connectivity index (χ1n) is 6.53. The van der Waals surface area contributed by atoms with E-state index in [2.05, 4.69) is 18.7 Å². The van der Waals surface area contributed by atoms with Gasteiger partial charge in [0.05, 0.1) is 19.3 Å². The molecule has 1 saturated heterocycles. The number of carbonyl (C=O) groups is 1. The van der Waals surface area contributed by atoms with Crippen molar-refractivity contribution in [2.24, 2.45) is 5.73 Å². The fourth-order valence-corrected chi connectivity index (χ4v) is 2.11. The Morgan fingerprint density at radius 1 is 1.47 bits per heavy atom. The molecule has 1 fully saturated rings. The predicted octanol–water partition coefficient (Wildman–Crippen LogP) is -0.0956.